The predicted octanol–water partition coefficient (Wildman–Crippen LogP) is 4.98. The van der Waals surface area contributed by atoms with Crippen molar-refractivity contribution in [1.82, 2.24) is 10.2 Å². The fraction of sp³-hybridized carbons (Fsp3) is 0.440. The maximum atomic E-state index is 13.1. The molecule has 1 fully saturated rings. The topological polar surface area (TPSA) is 58.6 Å². The summed E-state index contributed by atoms with van der Waals surface area (Å²) < 4.78 is 5.70. The summed E-state index contributed by atoms with van der Waals surface area (Å²) in [5.41, 5.74) is 0.943. The van der Waals surface area contributed by atoms with Crippen molar-refractivity contribution in [1.29, 1.82) is 0 Å². The molecule has 0 spiro atoms. The lowest BCUT2D eigenvalue weighted by Gasteiger charge is -2.30. The van der Waals surface area contributed by atoms with Crippen LogP contribution in [-0.4, -0.2) is 35.4 Å². The van der Waals surface area contributed by atoms with Gasteiger partial charge in [0.2, 0.25) is 11.8 Å². The Hall–Kier alpha value is -2.53. The van der Waals surface area contributed by atoms with E-state index < -0.39 is 6.04 Å². The standard InChI is InChI=1S/C25H31ClN2O3/c1-19(25(30)27-22-8-5-6-9-22)28(18-20-13-15-21(26)16-14-20)24(29)12-7-17-31-23-10-3-2-4-11-23/h2-4,10-11,13-16,19,22H,5-9,12,17-18H2,1H3,(H,27,30). The van der Waals surface area contributed by atoms with Crippen molar-refractivity contribution in [3.05, 3.63) is 65.2 Å². The molecule has 2 aromatic rings. The number of ether oxygens (including phenoxy) is 1. The first-order chi connectivity index (χ1) is 15.0. The molecule has 1 atom stereocenters. The molecule has 0 heterocycles. The second-order valence-corrected chi connectivity index (χ2v) is 8.52. The van der Waals surface area contributed by atoms with E-state index in [1.165, 1.54) is 0 Å². The minimum absolute atomic E-state index is 0.0549. The van der Waals surface area contributed by atoms with Gasteiger partial charge in [-0.25, -0.2) is 0 Å². The van der Waals surface area contributed by atoms with Crippen LogP contribution in [0.1, 0.15) is 51.0 Å². The minimum atomic E-state index is -0.543. The van der Waals surface area contributed by atoms with Gasteiger partial charge in [-0.05, 0) is 56.0 Å². The molecule has 166 valence electrons. The lowest BCUT2D eigenvalue weighted by Crippen LogP contribution is -2.49. The van der Waals surface area contributed by atoms with Crippen LogP contribution in [0.5, 0.6) is 5.75 Å². The monoisotopic (exact) mass is 442 g/mol. The summed E-state index contributed by atoms with van der Waals surface area (Å²) in [5, 5.41) is 3.76. The molecule has 5 nitrogen and oxygen atoms in total. The molecular weight excluding hydrogens is 412 g/mol. The lowest BCUT2D eigenvalue weighted by atomic mass is 10.1. The van der Waals surface area contributed by atoms with E-state index in [1.54, 1.807) is 24.0 Å². The predicted molar refractivity (Wildman–Crippen MR) is 123 cm³/mol. The highest BCUT2D eigenvalue weighted by Gasteiger charge is 2.28. The fourth-order valence-electron chi connectivity index (χ4n) is 3.83. The number of nitrogens with one attached hydrogen (secondary N) is 1. The molecule has 2 aromatic carbocycles. The number of hydrogen-bond donors (Lipinski definition) is 1. The van der Waals surface area contributed by atoms with Crippen molar-refractivity contribution in [2.24, 2.45) is 0 Å². The molecule has 1 unspecified atom stereocenters. The quantitative estimate of drug-likeness (QED) is 0.528. The number of benzene rings is 2. The fourth-order valence-corrected chi connectivity index (χ4v) is 3.96. The highest BCUT2D eigenvalue weighted by molar-refractivity contribution is 6.30. The Morgan fingerprint density at radius 3 is 2.45 bits per heavy atom. The first kappa shape index (κ1) is 23.1. The van der Waals surface area contributed by atoms with Gasteiger partial charge in [0.25, 0.3) is 0 Å². The summed E-state index contributed by atoms with van der Waals surface area (Å²) in [6, 6.07) is 16.6. The van der Waals surface area contributed by atoms with E-state index in [0.717, 1.165) is 37.0 Å². The number of para-hydroxylation sites is 1. The number of carbonyl (C=O) groups excluding carboxylic acids is 2. The van der Waals surface area contributed by atoms with Crippen LogP contribution in [-0.2, 0) is 16.1 Å². The normalized spacial score (nSPS) is 14.8. The number of carbonyl (C=O) groups is 2. The van der Waals surface area contributed by atoms with Crippen molar-refractivity contribution < 1.29 is 14.3 Å². The summed E-state index contributed by atoms with van der Waals surface area (Å²) in [6.07, 6.45) is 5.23. The van der Waals surface area contributed by atoms with Gasteiger partial charge in [0.15, 0.2) is 0 Å². The van der Waals surface area contributed by atoms with E-state index in [0.29, 0.717) is 31.0 Å². The Morgan fingerprint density at radius 1 is 1.10 bits per heavy atom. The maximum absolute atomic E-state index is 13.1. The molecule has 0 aromatic heterocycles. The van der Waals surface area contributed by atoms with Crippen molar-refractivity contribution in [3.8, 4) is 5.75 Å². The second kappa shape index (κ2) is 11.8. The van der Waals surface area contributed by atoms with Crippen LogP contribution in [0.25, 0.3) is 0 Å². The average Bonchev–Trinajstić information content (AvgIpc) is 3.29. The molecule has 31 heavy (non-hydrogen) atoms. The molecule has 0 radical (unpaired) electrons. The SMILES string of the molecule is CC(C(=O)NC1CCCC1)N(Cc1ccc(Cl)cc1)C(=O)CCCOc1ccccc1. The molecule has 2 amide bonds. The average molecular weight is 443 g/mol. The zero-order chi connectivity index (χ0) is 22.1. The number of hydrogen-bond acceptors (Lipinski definition) is 3. The first-order valence-corrected chi connectivity index (χ1v) is 11.4. The Morgan fingerprint density at radius 2 is 1.77 bits per heavy atom. The van der Waals surface area contributed by atoms with Crippen LogP contribution in [0.15, 0.2) is 54.6 Å². The van der Waals surface area contributed by atoms with Gasteiger partial charge in [-0.3, -0.25) is 9.59 Å². The van der Waals surface area contributed by atoms with E-state index >= 15 is 0 Å². The van der Waals surface area contributed by atoms with Gasteiger partial charge in [-0.1, -0.05) is 54.8 Å². The number of amides is 2. The zero-order valence-electron chi connectivity index (χ0n) is 18.1. The zero-order valence-corrected chi connectivity index (χ0v) is 18.8. The highest BCUT2D eigenvalue weighted by atomic mass is 35.5. The Labute approximate surface area is 189 Å². The molecule has 0 aliphatic heterocycles. The molecule has 1 aliphatic carbocycles. The van der Waals surface area contributed by atoms with Crippen LogP contribution in [0.4, 0.5) is 0 Å². The van der Waals surface area contributed by atoms with Crippen molar-refractivity contribution in [2.45, 2.75) is 64.1 Å². The van der Waals surface area contributed by atoms with Gasteiger partial charge in [-0.2, -0.15) is 0 Å². The van der Waals surface area contributed by atoms with Crippen molar-refractivity contribution >= 4 is 23.4 Å². The first-order valence-electron chi connectivity index (χ1n) is 11.0. The van der Waals surface area contributed by atoms with Crippen LogP contribution in [0, 0.1) is 0 Å². The minimum Gasteiger partial charge on any atom is -0.494 e. The summed E-state index contributed by atoms with van der Waals surface area (Å²) >= 11 is 6.00. The lowest BCUT2D eigenvalue weighted by molar-refractivity contribution is -0.141. The summed E-state index contributed by atoms with van der Waals surface area (Å²) in [5.74, 6) is 0.646. The van der Waals surface area contributed by atoms with E-state index in [2.05, 4.69) is 5.32 Å². The van der Waals surface area contributed by atoms with E-state index in [1.807, 2.05) is 42.5 Å². The summed E-state index contributed by atoms with van der Waals surface area (Å²) in [6.45, 7) is 2.63. The molecule has 6 heteroatoms. The molecule has 1 aliphatic rings. The van der Waals surface area contributed by atoms with Crippen LogP contribution in [0.3, 0.4) is 0 Å². The number of halogens is 1. The Balaban J connectivity index is 1.59. The number of rotatable bonds is 10. The van der Waals surface area contributed by atoms with Gasteiger partial charge in [0.1, 0.15) is 11.8 Å². The third-order valence-corrected chi connectivity index (χ3v) is 5.93. The number of nitrogens with zero attached hydrogens (tertiary/aromatic N) is 1. The Bertz CT molecular complexity index is 836. The van der Waals surface area contributed by atoms with E-state index in [9.17, 15) is 9.59 Å². The molecule has 0 bridgehead atoms. The van der Waals surface area contributed by atoms with Crippen molar-refractivity contribution in [3.63, 3.8) is 0 Å². The molecule has 1 saturated carbocycles. The van der Waals surface area contributed by atoms with E-state index in [-0.39, 0.29) is 17.9 Å². The van der Waals surface area contributed by atoms with Gasteiger partial charge in [0, 0.05) is 24.0 Å². The molecule has 0 saturated heterocycles. The van der Waals surface area contributed by atoms with Crippen LogP contribution >= 0.6 is 11.6 Å². The third kappa shape index (κ3) is 7.28. The molecule has 3 rings (SSSR count). The van der Waals surface area contributed by atoms with Gasteiger partial charge >= 0.3 is 0 Å². The Kier molecular flexibility index (Phi) is 8.77. The summed E-state index contributed by atoms with van der Waals surface area (Å²) in [4.78, 5) is 27.6. The largest absolute Gasteiger partial charge is 0.494 e. The second-order valence-electron chi connectivity index (χ2n) is 8.08. The highest BCUT2D eigenvalue weighted by Crippen LogP contribution is 2.19. The maximum Gasteiger partial charge on any atom is 0.242 e. The smallest absolute Gasteiger partial charge is 0.242 e. The van der Waals surface area contributed by atoms with E-state index in [4.69, 9.17) is 16.3 Å². The summed E-state index contributed by atoms with van der Waals surface area (Å²) in [7, 11) is 0. The molecular formula is C25H31ClN2O3. The van der Waals surface area contributed by atoms with Crippen molar-refractivity contribution in [2.75, 3.05) is 6.61 Å². The van der Waals surface area contributed by atoms with Gasteiger partial charge in [-0.15, -0.1) is 0 Å². The van der Waals surface area contributed by atoms with Crippen LogP contribution < -0.4 is 10.1 Å². The van der Waals surface area contributed by atoms with Gasteiger partial charge < -0.3 is 15.0 Å². The van der Waals surface area contributed by atoms with Gasteiger partial charge in [0.05, 0.1) is 6.61 Å². The molecule has 1 N–H and O–H groups in total. The third-order valence-electron chi connectivity index (χ3n) is 5.68. The van der Waals surface area contributed by atoms with Crippen LogP contribution in [0.2, 0.25) is 5.02 Å².